The van der Waals surface area contributed by atoms with Crippen LogP contribution < -0.4 is 10.1 Å². The third-order valence-corrected chi connectivity index (χ3v) is 5.31. The zero-order chi connectivity index (χ0) is 21.5. The normalized spacial score (nSPS) is 11.6. The van der Waals surface area contributed by atoms with Crippen LogP contribution in [0.1, 0.15) is 21.6 Å². The van der Waals surface area contributed by atoms with E-state index >= 15 is 0 Å². The van der Waals surface area contributed by atoms with E-state index < -0.39 is 23.2 Å². The third kappa shape index (κ3) is 3.73. The van der Waals surface area contributed by atoms with Crippen molar-refractivity contribution in [2.75, 3.05) is 12.4 Å². The Kier molecular flexibility index (Phi) is 4.94. The van der Waals surface area contributed by atoms with Crippen LogP contribution in [0.2, 0.25) is 0 Å². The number of hydrogen-bond donors (Lipinski definition) is 1. The summed E-state index contributed by atoms with van der Waals surface area (Å²) in [4.78, 5) is 17.1. The maximum Gasteiger partial charge on any atom is 0.417 e. The molecule has 0 aliphatic heterocycles. The molecule has 0 aliphatic rings. The number of ether oxygens (including phenoxy) is 1. The summed E-state index contributed by atoms with van der Waals surface area (Å²) in [5.74, 6) is 0.0129. The predicted octanol–water partition coefficient (Wildman–Crippen LogP) is 5.07. The highest BCUT2D eigenvalue weighted by atomic mass is 32.1. The van der Waals surface area contributed by atoms with Crippen LogP contribution in [-0.2, 0) is 6.18 Å². The van der Waals surface area contributed by atoms with Crippen molar-refractivity contribution in [3.63, 3.8) is 0 Å². The Morgan fingerprint density at radius 2 is 1.93 bits per heavy atom. The molecule has 2 heterocycles. The number of fused-ring (bicyclic) bond motifs is 1. The Bertz CT molecular complexity index is 1250. The van der Waals surface area contributed by atoms with Gasteiger partial charge in [-0.1, -0.05) is 23.5 Å². The summed E-state index contributed by atoms with van der Waals surface area (Å²) in [6.45, 7) is 1.71. The first-order valence-electron chi connectivity index (χ1n) is 8.75. The molecule has 0 radical (unpaired) electrons. The molecule has 2 aromatic carbocycles. The van der Waals surface area contributed by atoms with E-state index in [1.165, 1.54) is 28.2 Å². The van der Waals surface area contributed by atoms with Crippen LogP contribution >= 0.6 is 11.3 Å². The zero-order valence-electron chi connectivity index (χ0n) is 15.8. The SMILES string of the molecule is COc1ccc2nc(-n3nc(C)cc3NC(=O)c3ccccc3C(F)(F)F)sc2c1. The highest BCUT2D eigenvalue weighted by Gasteiger charge is 2.35. The lowest BCUT2D eigenvalue weighted by atomic mass is 10.1. The molecule has 1 N–H and O–H groups in total. The monoisotopic (exact) mass is 432 g/mol. The number of thiazole rings is 1. The number of alkyl halides is 3. The Hall–Kier alpha value is -3.40. The molecule has 30 heavy (non-hydrogen) atoms. The number of hydrogen-bond acceptors (Lipinski definition) is 5. The molecule has 4 aromatic rings. The molecule has 0 atom stereocenters. The van der Waals surface area contributed by atoms with Gasteiger partial charge in [-0.05, 0) is 37.3 Å². The van der Waals surface area contributed by atoms with Gasteiger partial charge >= 0.3 is 6.18 Å². The summed E-state index contributed by atoms with van der Waals surface area (Å²) in [5.41, 5.74) is -0.184. The minimum absolute atomic E-state index is 0.223. The number of aryl methyl sites for hydroxylation is 1. The molecule has 1 amide bonds. The molecule has 154 valence electrons. The summed E-state index contributed by atoms with van der Waals surface area (Å²) < 4.78 is 47.2. The van der Waals surface area contributed by atoms with Crippen LogP contribution in [0.5, 0.6) is 5.75 Å². The van der Waals surface area contributed by atoms with Gasteiger partial charge in [-0.2, -0.15) is 23.0 Å². The number of carbonyl (C=O) groups excluding carboxylic acids is 1. The number of nitrogens with zero attached hydrogens (tertiary/aromatic N) is 3. The highest BCUT2D eigenvalue weighted by molar-refractivity contribution is 7.20. The summed E-state index contributed by atoms with van der Waals surface area (Å²) in [6, 6.07) is 11.6. The van der Waals surface area contributed by atoms with Gasteiger partial charge in [-0.15, -0.1) is 0 Å². The van der Waals surface area contributed by atoms with Crippen LogP contribution in [0.15, 0.2) is 48.5 Å². The molecular formula is C20H15F3N4O2S. The van der Waals surface area contributed by atoms with E-state index in [0.717, 1.165) is 16.8 Å². The fraction of sp³-hybridized carbons (Fsp3) is 0.150. The van der Waals surface area contributed by atoms with Gasteiger partial charge in [0.15, 0.2) is 0 Å². The van der Waals surface area contributed by atoms with Crippen molar-refractivity contribution in [1.82, 2.24) is 14.8 Å². The number of nitrogens with one attached hydrogen (secondary N) is 1. The van der Waals surface area contributed by atoms with Crippen molar-refractivity contribution in [2.24, 2.45) is 0 Å². The molecule has 0 unspecified atom stereocenters. The summed E-state index contributed by atoms with van der Waals surface area (Å²) in [5, 5.41) is 7.33. The molecule has 0 fully saturated rings. The van der Waals surface area contributed by atoms with Crippen LogP contribution in [-0.4, -0.2) is 27.8 Å². The van der Waals surface area contributed by atoms with Crippen LogP contribution in [0.25, 0.3) is 15.3 Å². The van der Waals surface area contributed by atoms with Gasteiger partial charge in [-0.25, -0.2) is 4.98 Å². The molecule has 0 spiro atoms. The second-order valence-electron chi connectivity index (χ2n) is 6.41. The van der Waals surface area contributed by atoms with E-state index in [1.807, 2.05) is 6.07 Å². The first-order chi connectivity index (χ1) is 14.3. The van der Waals surface area contributed by atoms with Crippen molar-refractivity contribution >= 4 is 33.3 Å². The maximum absolute atomic E-state index is 13.3. The quantitative estimate of drug-likeness (QED) is 0.489. The number of carbonyl (C=O) groups is 1. The van der Waals surface area contributed by atoms with Gasteiger partial charge in [-0.3, -0.25) is 4.79 Å². The van der Waals surface area contributed by atoms with Crippen molar-refractivity contribution in [3.05, 3.63) is 65.4 Å². The Balaban J connectivity index is 1.71. The van der Waals surface area contributed by atoms with E-state index in [-0.39, 0.29) is 5.82 Å². The number of rotatable bonds is 4. The average Bonchev–Trinajstić information content (AvgIpc) is 3.29. The fourth-order valence-electron chi connectivity index (χ4n) is 2.96. The molecule has 0 saturated carbocycles. The fourth-order valence-corrected chi connectivity index (χ4v) is 3.92. The molecule has 0 bridgehead atoms. The predicted molar refractivity (Wildman–Crippen MR) is 107 cm³/mol. The van der Waals surface area contributed by atoms with Gasteiger partial charge in [0.1, 0.15) is 11.6 Å². The van der Waals surface area contributed by atoms with Gasteiger partial charge in [0.2, 0.25) is 5.13 Å². The van der Waals surface area contributed by atoms with E-state index in [9.17, 15) is 18.0 Å². The number of amides is 1. The number of benzene rings is 2. The average molecular weight is 432 g/mol. The first kappa shape index (κ1) is 19.9. The smallest absolute Gasteiger partial charge is 0.417 e. The summed E-state index contributed by atoms with van der Waals surface area (Å²) >= 11 is 1.32. The number of halogens is 3. The van der Waals surface area contributed by atoms with Crippen molar-refractivity contribution in [2.45, 2.75) is 13.1 Å². The van der Waals surface area contributed by atoms with Crippen LogP contribution in [0.4, 0.5) is 19.0 Å². The lowest BCUT2D eigenvalue weighted by Gasteiger charge is -2.12. The topological polar surface area (TPSA) is 69.0 Å². The van der Waals surface area contributed by atoms with Gasteiger partial charge in [0, 0.05) is 6.07 Å². The van der Waals surface area contributed by atoms with Crippen molar-refractivity contribution in [1.29, 1.82) is 0 Å². The van der Waals surface area contributed by atoms with Gasteiger partial charge < -0.3 is 10.1 Å². The molecule has 4 rings (SSSR count). The van der Waals surface area contributed by atoms with Crippen molar-refractivity contribution in [3.8, 4) is 10.9 Å². The molecular weight excluding hydrogens is 417 g/mol. The summed E-state index contributed by atoms with van der Waals surface area (Å²) in [6.07, 6.45) is -4.64. The Labute approximate surface area is 172 Å². The van der Waals surface area contributed by atoms with Crippen LogP contribution in [0, 0.1) is 6.92 Å². The van der Waals surface area contributed by atoms with Gasteiger partial charge in [0.25, 0.3) is 5.91 Å². The molecule has 0 aliphatic carbocycles. The Morgan fingerprint density at radius 3 is 2.67 bits per heavy atom. The standard InChI is InChI=1S/C20H15F3N4O2S/c1-11-9-17(25-18(28)13-5-3-4-6-14(13)20(21,22)23)27(26-11)19-24-15-8-7-12(29-2)10-16(15)30-19/h3-10H,1-2H3,(H,25,28). The zero-order valence-corrected chi connectivity index (χ0v) is 16.6. The molecule has 0 saturated heterocycles. The molecule has 2 aromatic heterocycles. The number of anilines is 1. The van der Waals surface area contributed by atoms with E-state index in [0.29, 0.717) is 22.1 Å². The highest BCUT2D eigenvalue weighted by Crippen LogP contribution is 2.33. The minimum atomic E-state index is -4.64. The van der Waals surface area contributed by atoms with E-state index in [1.54, 1.807) is 32.2 Å². The second-order valence-corrected chi connectivity index (χ2v) is 7.42. The summed E-state index contributed by atoms with van der Waals surface area (Å²) in [7, 11) is 1.56. The van der Waals surface area contributed by atoms with E-state index in [2.05, 4.69) is 15.4 Å². The lowest BCUT2D eigenvalue weighted by molar-refractivity contribution is -0.137. The molecule has 6 nitrogen and oxygen atoms in total. The van der Waals surface area contributed by atoms with E-state index in [4.69, 9.17) is 4.74 Å². The number of methoxy groups -OCH3 is 1. The van der Waals surface area contributed by atoms with Crippen molar-refractivity contribution < 1.29 is 22.7 Å². The molecule has 10 heteroatoms. The third-order valence-electron chi connectivity index (χ3n) is 4.32. The number of aromatic nitrogens is 3. The maximum atomic E-state index is 13.3. The van der Waals surface area contributed by atoms with Crippen LogP contribution in [0.3, 0.4) is 0 Å². The lowest BCUT2D eigenvalue weighted by Crippen LogP contribution is -2.20. The first-order valence-corrected chi connectivity index (χ1v) is 9.57. The Morgan fingerprint density at radius 1 is 1.17 bits per heavy atom. The second kappa shape index (κ2) is 7.45. The minimum Gasteiger partial charge on any atom is -0.497 e. The van der Waals surface area contributed by atoms with Gasteiger partial charge in [0.05, 0.1) is 34.1 Å². The largest absolute Gasteiger partial charge is 0.497 e.